The molecule has 0 amide bonds. The summed E-state index contributed by atoms with van der Waals surface area (Å²) in [5.74, 6) is 0. The zero-order valence-electron chi connectivity index (χ0n) is 7.61. The molecule has 1 saturated heterocycles. The van der Waals surface area contributed by atoms with E-state index in [4.69, 9.17) is 0 Å². The Morgan fingerprint density at radius 1 is 1.36 bits per heavy atom. The minimum atomic E-state index is 0. The quantitative estimate of drug-likeness (QED) is 0.621. The Morgan fingerprint density at radius 2 is 2.00 bits per heavy atom. The van der Waals surface area contributed by atoms with E-state index in [0.717, 1.165) is 6.04 Å². The van der Waals surface area contributed by atoms with Crippen molar-refractivity contribution in [3.8, 4) is 0 Å². The van der Waals surface area contributed by atoms with E-state index in [-0.39, 0.29) is 8.85 Å². The number of hydrogen-bond acceptors (Lipinski definition) is 1. The molecule has 1 atom stereocenters. The smallest absolute Gasteiger partial charge is 0.00644 e. The first kappa shape index (κ1) is 13.5. The maximum Gasteiger partial charge on any atom is 0.00644 e. The van der Waals surface area contributed by atoms with E-state index in [9.17, 15) is 0 Å². The Hall–Kier alpha value is -0.0400. The van der Waals surface area contributed by atoms with E-state index in [2.05, 4.69) is 12.2 Å². The van der Waals surface area contributed by atoms with Crippen molar-refractivity contribution in [1.29, 1.82) is 0 Å². The average Bonchev–Trinajstić information content (AvgIpc) is 2.10. The summed E-state index contributed by atoms with van der Waals surface area (Å²) in [5, 5.41) is 3.47. The third-order valence-electron chi connectivity index (χ3n) is 1.91. The molecule has 1 unspecified atom stereocenters. The van der Waals surface area contributed by atoms with Gasteiger partial charge in [0, 0.05) is 7.47 Å². The van der Waals surface area contributed by atoms with E-state index in [1.54, 1.807) is 0 Å². The fourth-order valence-electron chi connectivity index (χ4n) is 1.27. The van der Waals surface area contributed by atoms with Crippen molar-refractivity contribution < 1.29 is 1.43 Å². The fraction of sp³-hybridized carbons (Fsp3) is 1.00. The molecule has 1 heterocycles. The second-order valence-corrected chi connectivity index (χ2v) is 2.56. The Labute approximate surface area is 74.1 Å². The molecule has 1 fully saturated rings. The molecule has 0 saturated carbocycles. The highest BCUT2D eigenvalue weighted by molar-refractivity contribution is 4.69. The van der Waals surface area contributed by atoms with Crippen LogP contribution in [0.3, 0.4) is 0 Å². The van der Waals surface area contributed by atoms with Crippen LogP contribution in [0.5, 0.6) is 0 Å². The van der Waals surface area contributed by atoms with Crippen LogP contribution in [0.4, 0.5) is 0 Å². The molecule has 1 heteroatoms. The van der Waals surface area contributed by atoms with Crippen LogP contribution in [0.25, 0.3) is 0 Å². The van der Waals surface area contributed by atoms with E-state index in [1.165, 1.54) is 32.2 Å². The monoisotopic (exact) mass is 161 g/mol. The minimum absolute atomic E-state index is 0. The van der Waals surface area contributed by atoms with Gasteiger partial charge in [-0.25, -0.2) is 0 Å². The average molecular weight is 161 g/mol. The Morgan fingerprint density at radius 3 is 2.27 bits per heavy atom. The van der Waals surface area contributed by atoms with E-state index in [1.807, 2.05) is 13.8 Å². The van der Waals surface area contributed by atoms with Crippen LogP contribution in [-0.4, -0.2) is 12.6 Å². The van der Waals surface area contributed by atoms with Crippen molar-refractivity contribution >= 4 is 0 Å². The first-order chi connectivity index (χ1) is 4.93. The molecule has 0 radical (unpaired) electrons. The number of nitrogens with one attached hydrogen (secondary N) is 1. The fourth-order valence-corrected chi connectivity index (χ4v) is 1.27. The lowest BCUT2D eigenvalue weighted by Gasteiger charge is -2.21. The predicted octanol–water partition coefficient (Wildman–Crippen LogP) is 3.45. The molecular weight excluding hydrogens is 134 g/mol. The molecule has 11 heavy (non-hydrogen) atoms. The summed E-state index contributed by atoms with van der Waals surface area (Å²) in [4.78, 5) is 0. The van der Waals surface area contributed by atoms with Crippen LogP contribution in [0.15, 0.2) is 0 Å². The zero-order valence-corrected chi connectivity index (χ0v) is 7.61. The molecular formula is C10H27N. The summed E-state index contributed by atoms with van der Waals surface area (Å²) >= 11 is 0. The highest BCUT2D eigenvalue weighted by Gasteiger charge is 2.08. The molecule has 1 nitrogen and oxygen atoms in total. The highest BCUT2D eigenvalue weighted by atomic mass is 14.9. The van der Waals surface area contributed by atoms with Crippen molar-refractivity contribution in [2.24, 2.45) is 0 Å². The molecule has 0 spiro atoms. The molecule has 0 bridgehead atoms. The molecule has 0 aromatic rings. The first-order valence-corrected chi connectivity index (χ1v) is 4.67. The van der Waals surface area contributed by atoms with Gasteiger partial charge >= 0.3 is 0 Å². The minimum Gasteiger partial charge on any atom is -0.314 e. The van der Waals surface area contributed by atoms with Crippen LogP contribution in [0.2, 0.25) is 0 Å². The van der Waals surface area contributed by atoms with Crippen LogP contribution in [0, 0.1) is 0 Å². The summed E-state index contributed by atoms with van der Waals surface area (Å²) in [6.07, 6.45) is 5.53. The number of piperidine rings is 1. The van der Waals surface area contributed by atoms with E-state index in [0.29, 0.717) is 0 Å². The van der Waals surface area contributed by atoms with Gasteiger partial charge in [-0.3, -0.25) is 0 Å². The van der Waals surface area contributed by atoms with Crippen molar-refractivity contribution in [2.75, 3.05) is 6.54 Å². The van der Waals surface area contributed by atoms with Crippen LogP contribution < -0.4 is 5.32 Å². The lowest BCUT2D eigenvalue weighted by Crippen LogP contribution is -2.32. The standard InChI is InChI=1S/C7H15N.C2H6.CH4.H2/c1-2-7-5-3-4-6-8-7;1-2;;/h7-8H,2-6H2,1H3;1-2H3;1H4;1H. The van der Waals surface area contributed by atoms with Gasteiger partial charge < -0.3 is 5.32 Å². The summed E-state index contributed by atoms with van der Waals surface area (Å²) in [7, 11) is 0. The summed E-state index contributed by atoms with van der Waals surface area (Å²) < 4.78 is 0. The molecule has 1 aliphatic rings. The van der Waals surface area contributed by atoms with E-state index >= 15 is 0 Å². The Kier molecular flexibility index (Phi) is 12.3. The van der Waals surface area contributed by atoms with Crippen molar-refractivity contribution in [1.82, 2.24) is 5.32 Å². The molecule has 0 aromatic heterocycles. The molecule has 1 N–H and O–H groups in total. The van der Waals surface area contributed by atoms with Crippen molar-refractivity contribution in [3.05, 3.63) is 0 Å². The van der Waals surface area contributed by atoms with Crippen LogP contribution in [-0.2, 0) is 0 Å². The van der Waals surface area contributed by atoms with Crippen LogP contribution in [0.1, 0.15) is 55.3 Å². The topological polar surface area (TPSA) is 12.0 Å². The normalized spacial score (nSPS) is 22.6. The van der Waals surface area contributed by atoms with Crippen molar-refractivity contribution in [2.45, 2.75) is 59.9 Å². The maximum absolute atomic E-state index is 3.47. The van der Waals surface area contributed by atoms with Crippen molar-refractivity contribution in [3.63, 3.8) is 0 Å². The predicted molar refractivity (Wildman–Crippen MR) is 56.1 cm³/mol. The summed E-state index contributed by atoms with van der Waals surface area (Å²) in [6.45, 7) is 7.50. The lowest BCUT2D eigenvalue weighted by molar-refractivity contribution is 0.393. The Balaban J connectivity index is -0.000000189. The summed E-state index contributed by atoms with van der Waals surface area (Å²) in [6, 6.07) is 0.837. The van der Waals surface area contributed by atoms with Gasteiger partial charge in [0.15, 0.2) is 0 Å². The second kappa shape index (κ2) is 9.96. The van der Waals surface area contributed by atoms with Gasteiger partial charge in [-0.15, -0.1) is 0 Å². The van der Waals surface area contributed by atoms with Gasteiger partial charge in [0.05, 0.1) is 0 Å². The third kappa shape index (κ3) is 6.36. The van der Waals surface area contributed by atoms with Gasteiger partial charge in [-0.1, -0.05) is 34.6 Å². The SMILES string of the molecule is C.CC.CCC1CCCCN1.[HH]. The van der Waals surface area contributed by atoms with Gasteiger partial charge in [-0.2, -0.15) is 0 Å². The molecule has 1 rings (SSSR count). The van der Waals surface area contributed by atoms with Gasteiger partial charge in [0.2, 0.25) is 0 Å². The second-order valence-electron chi connectivity index (χ2n) is 2.56. The first-order valence-electron chi connectivity index (χ1n) is 4.67. The molecule has 1 aliphatic heterocycles. The lowest BCUT2D eigenvalue weighted by atomic mass is 10.0. The molecule has 0 aromatic carbocycles. The Bertz CT molecular complexity index is 60.9. The van der Waals surface area contributed by atoms with E-state index < -0.39 is 0 Å². The number of rotatable bonds is 1. The van der Waals surface area contributed by atoms with Gasteiger partial charge in [-0.05, 0) is 25.8 Å². The van der Waals surface area contributed by atoms with Gasteiger partial charge in [0.1, 0.15) is 0 Å². The van der Waals surface area contributed by atoms with Gasteiger partial charge in [0.25, 0.3) is 0 Å². The molecule has 0 aliphatic carbocycles. The zero-order chi connectivity index (χ0) is 7.82. The third-order valence-corrected chi connectivity index (χ3v) is 1.91. The summed E-state index contributed by atoms with van der Waals surface area (Å²) in [5.41, 5.74) is 0. The molecule has 72 valence electrons. The highest BCUT2D eigenvalue weighted by Crippen LogP contribution is 2.08. The number of hydrogen-bond donors (Lipinski definition) is 1. The largest absolute Gasteiger partial charge is 0.314 e. The maximum atomic E-state index is 3.47. The van der Waals surface area contributed by atoms with Crippen LogP contribution >= 0.6 is 0 Å².